The van der Waals surface area contributed by atoms with Gasteiger partial charge in [0.05, 0.1) is 0 Å². The molecule has 1 saturated carbocycles. The number of nitrogens with one attached hydrogen (secondary N) is 1. The third kappa shape index (κ3) is 4.23. The molecule has 0 aromatic rings. The van der Waals surface area contributed by atoms with Gasteiger partial charge in [-0.1, -0.05) is 19.3 Å². The number of aliphatic imine (C=N–C) groups is 1. The quantitative estimate of drug-likeness (QED) is 0.596. The van der Waals surface area contributed by atoms with Crippen molar-refractivity contribution < 1.29 is 5.11 Å². The van der Waals surface area contributed by atoms with E-state index in [0.29, 0.717) is 12.6 Å². The summed E-state index contributed by atoms with van der Waals surface area (Å²) in [5.41, 5.74) is 0.288. The highest BCUT2D eigenvalue weighted by Gasteiger charge is 2.35. The van der Waals surface area contributed by atoms with Gasteiger partial charge < -0.3 is 15.3 Å². The Morgan fingerprint density at radius 1 is 1.12 bits per heavy atom. The summed E-state index contributed by atoms with van der Waals surface area (Å²) in [7, 11) is 1.91. The smallest absolute Gasteiger partial charge is 0.193 e. The molecular weight excluding hydrogens is 300 g/mol. The van der Waals surface area contributed by atoms with Crippen LogP contribution in [0.25, 0.3) is 0 Å². The van der Waals surface area contributed by atoms with Crippen molar-refractivity contribution in [3.63, 3.8) is 0 Å². The SMILES string of the molecule is CN=C(NCC1(CCO)CCCC1)N1CCC(N2CCCCC2)C1. The lowest BCUT2D eigenvalue weighted by Gasteiger charge is -2.33. The van der Waals surface area contributed by atoms with Gasteiger partial charge in [-0.05, 0) is 57.0 Å². The van der Waals surface area contributed by atoms with Gasteiger partial charge in [-0.2, -0.15) is 0 Å². The number of hydrogen-bond acceptors (Lipinski definition) is 3. The lowest BCUT2D eigenvalue weighted by Crippen LogP contribution is -2.47. The molecule has 5 heteroatoms. The largest absolute Gasteiger partial charge is 0.396 e. The molecule has 138 valence electrons. The van der Waals surface area contributed by atoms with Crippen LogP contribution in [0.3, 0.4) is 0 Å². The number of guanidine groups is 1. The molecule has 5 nitrogen and oxygen atoms in total. The number of piperidine rings is 1. The van der Waals surface area contributed by atoms with E-state index in [1.54, 1.807) is 0 Å². The highest BCUT2D eigenvalue weighted by atomic mass is 16.3. The first kappa shape index (κ1) is 18.0. The minimum Gasteiger partial charge on any atom is -0.396 e. The molecule has 1 unspecified atom stereocenters. The van der Waals surface area contributed by atoms with Crippen molar-refractivity contribution in [2.45, 2.75) is 63.8 Å². The molecule has 3 rings (SSSR count). The summed E-state index contributed by atoms with van der Waals surface area (Å²) in [4.78, 5) is 9.69. The molecule has 2 aliphatic heterocycles. The molecule has 0 aromatic carbocycles. The first-order valence-corrected chi connectivity index (χ1v) is 10.1. The second-order valence-electron chi connectivity index (χ2n) is 8.07. The van der Waals surface area contributed by atoms with Crippen LogP contribution >= 0.6 is 0 Å². The maximum atomic E-state index is 9.43. The van der Waals surface area contributed by atoms with Gasteiger partial charge in [0.1, 0.15) is 0 Å². The van der Waals surface area contributed by atoms with Crippen molar-refractivity contribution in [1.82, 2.24) is 15.1 Å². The third-order valence-electron chi connectivity index (χ3n) is 6.51. The fourth-order valence-corrected chi connectivity index (χ4v) is 4.99. The fraction of sp³-hybridized carbons (Fsp3) is 0.947. The number of hydrogen-bond donors (Lipinski definition) is 2. The number of likely N-dealkylation sites (tertiary alicyclic amines) is 2. The third-order valence-corrected chi connectivity index (χ3v) is 6.51. The van der Waals surface area contributed by atoms with E-state index in [9.17, 15) is 5.11 Å². The zero-order valence-corrected chi connectivity index (χ0v) is 15.5. The summed E-state index contributed by atoms with van der Waals surface area (Å²) in [6, 6.07) is 0.710. The van der Waals surface area contributed by atoms with Gasteiger partial charge in [0.2, 0.25) is 0 Å². The molecule has 1 atom stereocenters. The zero-order valence-electron chi connectivity index (χ0n) is 15.5. The topological polar surface area (TPSA) is 51.1 Å². The van der Waals surface area contributed by atoms with E-state index >= 15 is 0 Å². The lowest BCUT2D eigenvalue weighted by atomic mass is 9.83. The predicted molar refractivity (Wildman–Crippen MR) is 99.4 cm³/mol. The Labute approximate surface area is 147 Å². The van der Waals surface area contributed by atoms with Crippen LogP contribution in [0.4, 0.5) is 0 Å². The Morgan fingerprint density at radius 3 is 2.54 bits per heavy atom. The molecule has 0 aromatic heterocycles. The van der Waals surface area contributed by atoms with Crippen LogP contribution in [-0.2, 0) is 0 Å². The summed E-state index contributed by atoms with van der Waals surface area (Å²) in [6.07, 6.45) is 11.4. The van der Waals surface area contributed by atoms with E-state index in [1.165, 1.54) is 64.5 Å². The Morgan fingerprint density at radius 2 is 1.88 bits per heavy atom. The van der Waals surface area contributed by atoms with Crippen LogP contribution in [0.2, 0.25) is 0 Å². The van der Waals surface area contributed by atoms with Crippen LogP contribution in [0.15, 0.2) is 4.99 Å². The number of rotatable bonds is 5. The van der Waals surface area contributed by atoms with E-state index in [4.69, 9.17) is 0 Å². The van der Waals surface area contributed by atoms with Crippen LogP contribution in [0.5, 0.6) is 0 Å². The average Bonchev–Trinajstić information content (AvgIpc) is 3.27. The van der Waals surface area contributed by atoms with Crippen LogP contribution in [0, 0.1) is 5.41 Å². The van der Waals surface area contributed by atoms with Crippen molar-refractivity contribution in [2.75, 3.05) is 46.4 Å². The zero-order chi connectivity index (χ0) is 16.8. The van der Waals surface area contributed by atoms with Gasteiger partial charge in [0, 0.05) is 39.3 Å². The maximum absolute atomic E-state index is 9.43. The first-order chi connectivity index (χ1) is 11.8. The Kier molecular flexibility index (Phi) is 6.39. The van der Waals surface area contributed by atoms with E-state index in [0.717, 1.165) is 32.0 Å². The van der Waals surface area contributed by atoms with E-state index in [2.05, 4.69) is 20.1 Å². The molecule has 0 bridgehead atoms. The standard InChI is InChI=1S/C19H36N4O/c1-20-18(21-16-19(10-14-24)8-3-4-9-19)23-13-7-17(15-23)22-11-5-2-6-12-22/h17,24H,2-16H2,1H3,(H,20,21). The molecule has 0 amide bonds. The van der Waals surface area contributed by atoms with E-state index in [1.807, 2.05) is 7.05 Å². The van der Waals surface area contributed by atoms with Gasteiger partial charge in [-0.25, -0.2) is 0 Å². The summed E-state index contributed by atoms with van der Waals surface area (Å²) < 4.78 is 0. The molecule has 3 aliphatic rings. The maximum Gasteiger partial charge on any atom is 0.193 e. The molecular formula is C19H36N4O. The number of aliphatic hydroxyl groups is 1. The summed E-state index contributed by atoms with van der Waals surface area (Å²) >= 11 is 0. The molecule has 0 spiro atoms. The minimum atomic E-state index is 0.288. The first-order valence-electron chi connectivity index (χ1n) is 10.1. The monoisotopic (exact) mass is 336 g/mol. The molecule has 2 N–H and O–H groups in total. The fourth-order valence-electron chi connectivity index (χ4n) is 4.99. The number of nitrogens with zero attached hydrogens (tertiary/aromatic N) is 3. The van der Waals surface area contributed by atoms with Gasteiger partial charge in [-0.15, -0.1) is 0 Å². The molecule has 3 fully saturated rings. The van der Waals surface area contributed by atoms with Crippen LogP contribution < -0.4 is 5.32 Å². The predicted octanol–water partition coefficient (Wildman–Crippen LogP) is 2.06. The van der Waals surface area contributed by atoms with Crippen LogP contribution in [-0.4, -0.2) is 73.3 Å². The molecule has 1 aliphatic carbocycles. The summed E-state index contributed by atoms with van der Waals surface area (Å²) in [5, 5.41) is 13.1. The minimum absolute atomic E-state index is 0.288. The van der Waals surface area contributed by atoms with E-state index < -0.39 is 0 Å². The average molecular weight is 337 g/mol. The van der Waals surface area contributed by atoms with Crippen molar-refractivity contribution >= 4 is 5.96 Å². The van der Waals surface area contributed by atoms with E-state index in [-0.39, 0.29) is 5.41 Å². The molecule has 24 heavy (non-hydrogen) atoms. The van der Waals surface area contributed by atoms with Gasteiger partial charge >= 0.3 is 0 Å². The normalized spacial score (nSPS) is 28.5. The van der Waals surface area contributed by atoms with Crippen molar-refractivity contribution in [2.24, 2.45) is 10.4 Å². The summed E-state index contributed by atoms with van der Waals surface area (Å²) in [6.45, 7) is 6.07. The highest BCUT2D eigenvalue weighted by Crippen LogP contribution is 2.40. The van der Waals surface area contributed by atoms with Crippen molar-refractivity contribution in [3.05, 3.63) is 0 Å². The lowest BCUT2D eigenvalue weighted by molar-refractivity contribution is 0.168. The van der Waals surface area contributed by atoms with Gasteiger partial charge in [0.15, 0.2) is 5.96 Å². The van der Waals surface area contributed by atoms with Gasteiger partial charge in [0.25, 0.3) is 0 Å². The summed E-state index contributed by atoms with van der Waals surface area (Å²) in [5.74, 6) is 1.07. The Hall–Kier alpha value is -0.810. The Balaban J connectivity index is 1.51. The molecule has 2 heterocycles. The van der Waals surface area contributed by atoms with Crippen molar-refractivity contribution in [1.29, 1.82) is 0 Å². The van der Waals surface area contributed by atoms with Gasteiger partial charge in [-0.3, -0.25) is 9.89 Å². The second kappa shape index (κ2) is 8.52. The Bertz CT molecular complexity index is 414. The number of aliphatic hydroxyl groups excluding tert-OH is 1. The van der Waals surface area contributed by atoms with Crippen molar-refractivity contribution in [3.8, 4) is 0 Å². The molecule has 2 saturated heterocycles. The molecule has 0 radical (unpaired) electrons. The second-order valence-corrected chi connectivity index (χ2v) is 8.07. The van der Waals surface area contributed by atoms with Crippen LogP contribution in [0.1, 0.15) is 57.8 Å². The highest BCUT2D eigenvalue weighted by molar-refractivity contribution is 5.80.